The summed E-state index contributed by atoms with van der Waals surface area (Å²) in [5.41, 5.74) is 2.47. The second kappa shape index (κ2) is 7.27. The minimum absolute atomic E-state index is 0.187. The van der Waals surface area contributed by atoms with Gasteiger partial charge in [-0.1, -0.05) is 13.0 Å². The maximum Gasteiger partial charge on any atom is 0.146 e. The largest absolute Gasteiger partial charge is 0.310 e. The average molecular weight is 290 g/mol. The van der Waals surface area contributed by atoms with Gasteiger partial charge in [-0.15, -0.1) is 0 Å². The molecule has 0 aliphatic rings. The van der Waals surface area contributed by atoms with E-state index in [4.69, 9.17) is 0 Å². The normalized spacial score (nSPS) is 12.4. The highest BCUT2D eigenvalue weighted by Gasteiger charge is 2.17. The molecule has 0 amide bonds. The first-order chi connectivity index (χ1) is 10.1. The Bertz CT molecular complexity index is 599. The molecule has 1 N–H and O–H groups in total. The van der Waals surface area contributed by atoms with E-state index in [0.29, 0.717) is 12.0 Å². The Morgan fingerprint density at radius 1 is 1.24 bits per heavy atom. The fourth-order valence-corrected chi connectivity index (χ4v) is 2.36. The lowest BCUT2D eigenvalue weighted by Crippen LogP contribution is -2.25. The predicted octanol–water partition coefficient (Wildman–Crippen LogP) is 3.95. The molecule has 0 radical (unpaired) electrons. The Morgan fingerprint density at radius 2 is 2.05 bits per heavy atom. The van der Waals surface area contributed by atoms with E-state index in [1.165, 1.54) is 18.3 Å². The molecule has 1 aromatic heterocycles. The van der Waals surface area contributed by atoms with Gasteiger partial charge in [0, 0.05) is 17.8 Å². The molecule has 2 rings (SSSR count). The molecule has 0 saturated carbocycles. The van der Waals surface area contributed by atoms with E-state index in [2.05, 4.69) is 17.2 Å². The van der Waals surface area contributed by atoms with Gasteiger partial charge in [0.2, 0.25) is 0 Å². The van der Waals surface area contributed by atoms with Gasteiger partial charge in [0.05, 0.1) is 6.20 Å². The molecule has 1 atom stereocenters. The van der Waals surface area contributed by atoms with Crippen LogP contribution >= 0.6 is 0 Å². The van der Waals surface area contributed by atoms with E-state index < -0.39 is 0 Å². The van der Waals surface area contributed by atoms with Gasteiger partial charge in [-0.2, -0.15) is 0 Å². The number of aryl methyl sites for hydroxylation is 1. The quantitative estimate of drug-likeness (QED) is 0.871. The van der Waals surface area contributed by atoms with Crippen LogP contribution in [0.1, 0.15) is 36.1 Å². The minimum atomic E-state index is -0.333. The summed E-state index contributed by atoms with van der Waals surface area (Å²) in [4.78, 5) is 3.78. The second-order valence-electron chi connectivity index (χ2n) is 5.18. The molecule has 1 unspecified atom stereocenters. The Hall–Kier alpha value is -1.81. The van der Waals surface area contributed by atoms with Gasteiger partial charge in [-0.25, -0.2) is 8.78 Å². The summed E-state index contributed by atoms with van der Waals surface area (Å²) >= 11 is 0. The number of hydrogen-bond acceptors (Lipinski definition) is 2. The van der Waals surface area contributed by atoms with Crippen LogP contribution in [0.4, 0.5) is 8.78 Å². The van der Waals surface area contributed by atoms with Crippen molar-refractivity contribution in [2.24, 2.45) is 0 Å². The summed E-state index contributed by atoms with van der Waals surface area (Å²) in [5, 5.41) is 3.33. The Kier molecular flexibility index (Phi) is 5.39. The van der Waals surface area contributed by atoms with Crippen molar-refractivity contribution in [3.8, 4) is 0 Å². The summed E-state index contributed by atoms with van der Waals surface area (Å²) in [7, 11) is 0. The first-order valence-electron chi connectivity index (χ1n) is 7.19. The average Bonchev–Trinajstić information content (AvgIpc) is 2.48. The zero-order chi connectivity index (χ0) is 15.2. The molecule has 21 heavy (non-hydrogen) atoms. The third kappa shape index (κ3) is 4.08. The molecule has 0 aliphatic heterocycles. The lowest BCUT2D eigenvalue weighted by Gasteiger charge is -2.20. The standard InChI is InChI=1S/C17H20F2N2/c1-3-7-21-17(15-6-8-20-11-16(15)19)10-13-9-14(18)5-4-12(13)2/h4-6,8-9,11,17,21H,3,7,10H2,1-2H3. The van der Waals surface area contributed by atoms with Gasteiger partial charge in [0.25, 0.3) is 0 Å². The zero-order valence-corrected chi connectivity index (χ0v) is 12.4. The lowest BCUT2D eigenvalue weighted by molar-refractivity contribution is 0.493. The first-order valence-corrected chi connectivity index (χ1v) is 7.19. The predicted molar refractivity (Wildman–Crippen MR) is 80.1 cm³/mol. The lowest BCUT2D eigenvalue weighted by atomic mass is 9.96. The van der Waals surface area contributed by atoms with Crippen molar-refractivity contribution in [3.63, 3.8) is 0 Å². The third-order valence-corrected chi connectivity index (χ3v) is 3.56. The molecule has 112 valence electrons. The van der Waals surface area contributed by atoms with E-state index in [1.807, 2.05) is 6.92 Å². The van der Waals surface area contributed by atoms with Crippen molar-refractivity contribution >= 4 is 0 Å². The highest BCUT2D eigenvalue weighted by atomic mass is 19.1. The molecular weight excluding hydrogens is 270 g/mol. The zero-order valence-electron chi connectivity index (χ0n) is 12.4. The van der Waals surface area contributed by atoms with Crippen molar-refractivity contribution in [2.75, 3.05) is 6.54 Å². The number of rotatable bonds is 6. The number of aromatic nitrogens is 1. The van der Waals surface area contributed by atoms with Crippen molar-refractivity contribution in [2.45, 2.75) is 32.7 Å². The van der Waals surface area contributed by atoms with Crippen LogP contribution in [0.3, 0.4) is 0 Å². The SMILES string of the molecule is CCCNC(Cc1cc(F)ccc1C)c1ccncc1F. The fraction of sp³-hybridized carbons (Fsp3) is 0.353. The van der Waals surface area contributed by atoms with E-state index in [-0.39, 0.29) is 17.7 Å². The maximum absolute atomic E-state index is 14.0. The highest BCUT2D eigenvalue weighted by molar-refractivity contribution is 5.29. The van der Waals surface area contributed by atoms with Crippen LogP contribution < -0.4 is 5.32 Å². The van der Waals surface area contributed by atoms with Crippen molar-refractivity contribution in [3.05, 3.63) is 65.0 Å². The van der Waals surface area contributed by atoms with Crippen LogP contribution in [0, 0.1) is 18.6 Å². The van der Waals surface area contributed by atoms with Gasteiger partial charge >= 0.3 is 0 Å². The Balaban J connectivity index is 2.28. The van der Waals surface area contributed by atoms with Gasteiger partial charge in [0.15, 0.2) is 0 Å². The monoisotopic (exact) mass is 290 g/mol. The molecule has 1 heterocycles. The number of hydrogen-bond donors (Lipinski definition) is 1. The van der Waals surface area contributed by atoms with Crippen LogP contribution in [-0.2, 0) is 6.42 Å². The van der Waals surface area contributed by atoms with Gasteiger partial charge < -0.3 is 5.32 Å². The second-order valence-corrected chi connectivity index (χ2v) is 5.18. The van der Waals surface area contributed by atoms with E-state index in [9.17, 15) is 8.78 Å². The van der Waals surface area contributed by atoms with E-state index in [0.717, 1.165) is 24.1 Å². The maximum atomic E-state index is 14.0. The Labute approximate surface area is 124 Å². The van der Waals surface area contributed by atoms with Crippen LogP contribution in [0.15, 0.2) is 36.7 Å². The highest BCUT2D eigenvalue weighted by Crippen LogP contribution is 2.23. The number of halogens is 2. The van der Waals surface area contributed by atoms with Crippen molar-refractivity contribution < 1.29 is 8.78 Å². The van der Waals surface area contributed by atoms with Crippen molar-refractivity contribution in [1.29, 1.82) is 0 Å². The molecule has 0 bridgehead atoms. The van der Waals surface area contributed by atoms with Crippen molar-refractivity contribution in [1.82, 2.24) is 10.3 Å². The summed E-state index contributed by atoms with van der Waals surface area (Å²) < 4.78 is 27.4. The van der Waals surface area contributed by atoms with Crippen LogP contribution in [0.2, 0.25) is 0 Å². The smallest absolute Gasteiger partial charge is 0.146 e. The van der Waals surface area contributed by atoms with Gasteiger partial charge in [-0.05, 0) is 55.6 Å². The molecule has 2 nitrogen and oxygen atoms in total. The number of nitrogens with one attached hydrogen (secondary N) is 1. The van der Waals surface area contributed by atoms with E-state index >= 15 is 0 Å². The number of pyridine rings is 1. The van der Waals surface area contributed by atoms with Crippen LogP contribution in [-0.4, -0.2) is 11.5 Å². The minimum Gasteiger partial charge on any atom is -0.310 e. The summed E-state index contributed by atoms with van der Waals surface area (Å²) in [6, 6.07) is 6.21. The topological polar surface area (TPSA) is 24.9 Å². The third-order valence-electron chi connectivity index (χ3n) is 3.56. The first kappa shape index (κ1) is 15.6. The molecule has 0 spiro atoms. The fourth-order valence-electron chi connectivity index (χ4n) is 2.36. The molecule has 2 aromatic rings. The van der Waals surface area contributed by atoms with E-state index in [1.54, 1.807) is 18.3 Å². The Morgan fingerprint density at radius 3 is 2.76 bits per heavy atom. The molecule has 1 aromatic carbocycles. The molecule has 4 heteroatoms. The van der Waals surface area contributed by atoms with Gasteiger partial charge in [-0.3, -0.25) is 4.98 Å². The molecule has 0 fully saturated rings. The number of benzene rings is 1. The molecule has 0 aliphatic carbocycles. The number of nitrogens with zero attached hydrogens (tertiary/aromatic N) is 1. The molecule has 0 saturated heterocycles. The van der Waals surface area contributed by atoms with Gasteiger partial charge in [0.1, 0.15) is 11.6 Å². The van der Waals surface area contributed by atoms with Crippen LogP contribution in [0.25, 0.3) is 0 Å². The summed E-state index contributed by atoms with van der Waals surface area (Å²) in [5.74, 6) is -0.597. The summed E-state index contributed by atoms with van der Waals surface area (Å²) in [6.45, 7) is 4.77. The van der Waals surface area contributed by atoms with Crippen LogP contribution in [0.5, 0.6) is 0 Å². The molecular formula is C17H20F2N2. The summed E-state index contributed by atoms with van der Waals surface area (Å²) in [6.07, 6.45) is 4.29.